The molecule has 0 spiro atoms. The number of carbonyl (C=O) groups excluding carboxylic acids is 1. The Kier molecular flexibility index (Phi) is 5.22. The Labute approximate surface area is 163 Å². The zero-order valence-corrected chi connectivity index (χ0v) is 16.7. The van der Waals surface area contributed by atoms with Crippen molar-refractivity contribution >= 4 is 37.3 Å². The predicted molar refractivity (Wildman–Crippen MR) is 103 cm³/mol. The Hall–Kier alpha value is -2.79. The van der Waals surface area contributed by atoms with E-state index in [0.29, 0.717) is 10.1 Å². The van der Waals surface area contributed by atoms with Crippen molar-refractivity contribution in [2.24, 2.45) is 0 Å². The molecule has 1 N–H and O–H groups in total. The summed E-state index contributed by atoms with van der Waals surface area (Å²) in [5, 5.41) is 0. The molecule has 1 fully saturated rings. The van der Waals surface area contributed by atoms with Gasteiger partial charge in [-0.1, -0.05) is 6.07 Å². The van der Waals surface area contributed by atoms with Crippen molar-refractivity contribution in [1.29, 1.82) is 0 Å². The van der Waals surface area contributed by atoms with Gasteiger partial charge in [0, 0.05) is 12.5 Å². The van der Waals surface area contributed by atoms with Gasteiger partial charge in [0.1, 0.15) is 16.4 Å². The number of nitrogens with one attached hydrogen (secondary N) is 1. The largest absolute Gasteiger partial charge is 0.497 e. The lowest BCUT2D eigenvalue weighted by Gasteiger charge is -2.18. The van der Waals surface area contributed by atoms with E-state index in [4.69, 9.17) is 9.47 Å². The minimum Gasteiger partial charge on any atom is -0.497 e. The molecule has 0 unspecified atom stereocenters. The highest BCUT2D eigenvalue weighted by Crippen LogP contribution is 2.33. The Morgan fingerprint density at radius 2 is 1.82 bits per heavy atom. The molecule has 9 nitrogen and oxygen atoms in total. The number of nitrogens with zero attached hydrogens (tertiary/aromatic N) is 1. The highest BCUT2D eigenvalue weighted by molar-refractivity contribution is 7.94. The van der Waals surface area contributed by atoms with Crippen LogP contribution in [0.4, 0.5) is 11.4 Å². The second-order valence-corrected chi connectivity index (χ2v) is 9.48. The van der Waals surface area contributed by atoms with E-state index in [2.05, 4.69) is 4.72 Å². The highest BCUT2D eigenvalue weighted by Gasteiger charge is 2.37. The van der Waals surface area contributed by atoms with Crippen molar-refractivity contribution in [3.63, 3.8) is 0 Å². The monoisotopic (exact) mass is 426 g/mol. The zero-order chi connectivity index (χ0) is 20.5. The first-order chi connectivity index (χ1) is 13.2. The van der Waals surface area contributed by atoms with Crippen LogP contribution in [0.25, 0.3) is 0 Å². The van der Waals surface area contributed by atoms with Crippen molar-refractivity contribution < 1.29 is 31.1 Å². The van der Waals surface area contributed by atoms with Crippen LogP contribution in [0.2, 0.25) is 0 Å². The maximum atomic E-state index is 12.9. The lowest BCUT2D eigenvalue weighted by atomic mass is 10.3. The van der Waals surface area contributed by atoms with Gasteiger partial charge in [-0.15, -0.1) is 0 Å². The first-order valence-electron chi connectivity index (χ1n) is 8.09. The van der Waals surface area contributed by atoms with Crippen LogP contribution in [-0.4, -0.2) is 42.7 Å². The smallest absolute Gasteiger partial charge is 0.265 e. The molecule has 0 saturated carbocycles. The molecule has 3 rings (SSSR count). The molecular formula is C17H18N2O7S2. The summed E-state index contributed by atoms with van der Waals surface area (Å²) in [4.78, 5) is 11.7. The summed E-state index contributed by atoms with van der Waals surface area (Å²) in [6.07, 6.45) is -0.154. The van der Waals surface area contributed by atoms with E-state index in [0.717, 1.165) is 6.07 Å². The summed E-state index contributed by atoms with van der Waals surface area (Å²) < 4.78 is 63.3. The molecule has 0 atom stereocenters. The van der Waals surface area contributed by atoms with Crippen LogP contribution in [0.1, 0.15) is 6.42 Å². The van der Waals surface area contributed by atoms with E-state index in [1.165, 1.54) is 38.5 Å². The summed E-state index contributed by atoms with van der Waals surface area (Å²) in [6, 6.07) is 10.0. The van der Waals surface area contributed by atoms with Crippen molar-refractivity contribution in [3.8, 4) is 11.5 Å². The predicted octanol–water partition coefficient (Wildman–Crippen LogP) is 1.57. The third-order valence-corrected chi connectivity index (χ3v) is 7.17. The molecule has 2 aromatic rings. The van der Waals surface area contributed by atoms with E-state index in [1.807, 2.05) is 0 Å². The van der Waals surface area contributed by atoms with E-state index in [1.54, 1.807) is 12.1 Å². The molecule has 1 aliphatic heterocycles. The van der Waals surface area contributed by atoms with Gasteiger partial charge in [-0.25, -0.2) is 21.1 Å². The molecular weight excluding hydrogens is 408 g/mol. The maximum absolute atomic E-state index is 12.9. The van der Waals surface area contributed by atoms with Gasteiger partial charge in [0.05, 0.1) is 31.3 Å². The fraction of sp³-hybridized carbons (Fsp3) is 0.235. The SMILES string of the molecule is COc1cccc(NS(=O)(=O)c2cc(N3C(=O)CCS3(=O)=O)ccc2OC)c1. The molecule has 11 heteroatoms. The number of ether oxygens (including phenoxy) is 2. The molecule has 0 aromatic heterocycles. The molecule has 1 amide bonds. The van der Waals surface area contributed by atoms with Gasteiger partial charge in [0.15, 0.2) is 0 Å². The quantitative estimate of drug-likeness (QED) is 0.745. The molecule has 150 valence electrons. The Bertz CT molecular complexity index is 1130. The number of amides is 1. The first-order valence-corrected chi connectivity index (χ1v) is 11.2. The fourth-order valence-electron chi connectivity index (χ4n) is 2.77. The zero-order valence-electron chi connectivity index (χ0n) is 15.1. The van der Waals surface area contributed by atoms with Crippen LogP contribution in [0.5, 0.6) is 11.5 Å². The van der Waals surface area contributed by atoms with Crippen LogP contribution in [-0.2, 0) is 24.8 Å². The van der Waals surface area contributed by atoms with Gasteiger partial charge >= 0.3 is 0 Å². The van der Waals surface area contributed by atoms with E-state index >= 15 is 0 Å². The second-order valence-electron chi connectivity index (χ2n) is 5.90. The fourth-order valence-corrected chi connectivity index (χ4v) is 5.46. The van der Waals surface area contributed by atoms with Gasteiger partial charge in [-0.05, 0) is 30.3 Å². The maximum Gasteiger partial charge on any atom is 0.265 e. The third kappa shape index (κ3) is 3.76. The van der Waals surface area contributed by atoms with E-state index in [-0.39, 0.29) is 34.2 Å². The lowest BCUT2D eigenvalue weighted by Crippen LogP contribution is -2.29. The van der Waals surface area contributed by atoms with Crippen LogP contribution < -0.4 is 18.5 Å². The second kappa shape index (κ2) is 7.32. The average Bonchev–Trinajstić information content (AvgIpc) is 2.93. The van der Waals surface area contributed by atoms with Crippen molar-refractivity contribution in [2.75, 3.05) is 29.0 Å². The molecule has 0 radical (unpaired) electrons. The van der Waals surface area contributed by atoms with Gasteiger partial charge < -0.3 is 9.47 Å². The number of methoxy groups -OCH3 is 2. The molecule has 1 saturated heterocycles. The minimum atomic E-state index is -4.15. The van der Waals surface area contributed by atoms with Crippen LogP contribution in [0, 0.1) is 0 Å². The summed E-state index contributed by atoms with van der Waals surface area (Å²) in [5.41, 5.74) is 0.186. The third-order valence-electron chi connectivity index (χ3n) is 4.07. The minimum absolute atomic E-state index is 0.00295. The van der Waals surface area contributed by atoms with E-state index < -0.39 is 26.0 Å². The normalized spacial score (nSPS) is 16.1. The standard InChI is InChI=1S/C17H18N2O7S2/c1-25-14-5-3-4-12(10-14)18-28(23,24)16-11-13(6-7-15(16)26-2)19-17(20)8-9-27(19,21)22/h3-7,10-11,18H,8-9H2,1-2H3. The molecule has 1 aliphatic rings. The Morgan fingerprint density at radius 3 is 2.43 bits per heavy atom. The van der Waals surface area contributed by atoms with Crippen molar-refractivity contribution in [1.82, 2.24) is 0 Å². The Morgan fingerprint density at radius 1 is 1.07 bits per heavy atom. The molecule has 2 aromatic carbocycles. The first kappa shape index (κ1) is 20.0. The van der Waals surface area contributed by atoms with Crippen LogP contribution >= 0.6 is 0 Å². The molecule has 0 bridgehead atoms. The summed E-state index contributed by atoms with van der Waals surface area (Å²) >= 11 is 0. The highest BCUT2D eigenvalue weighted by atomic mass is 32.2. The van der Waals surface area contributed by atoms with Gasteiger partial charge in [0.25, 0.3) is 10.0 Å². The van der Waals surface area contributed by atoms with Crippen molar-refractivity contribution in [3.05, 3.63) is 42.5 Å². The number of benzene rings is 2. The van der Waals surface area contributed by atoms with E-state index in [9.17, 15) is 21.6 Å². The lowest BCUT2D eigenvalue weighted by molar-refractivity contribution is -0.116. The molecule has 0 aliphatic carbocycles. The number of hydrogen-bond donors (Lipinski definition) is 1. The van der Waals surface area contributed by atoms with Gasteiger partial charge in [-0.2, -0.15) is 0 Å². The van der Waals surface area contributed by atoms with Gasteiger partial charge in [-0.3, -0.25) is 9.52 Å². The van der Waals surface area contributed by atoms with Crippen LogP contribution in [0.15, 0.2) is 47.4 Å². The summed E-state index contributed by atoms with van der Waals surface area (Å²) in [5.74, 6) is -0.478. The molecule has 28 heavy (non-hydrogen) atoms. The number of carbonyl (C=O) groups is 1. The number of anilines is 2. The Balaban J connectivity index is 2.05. The summed E-state index contributed by atoms with van der Waals surface area (Å²) in [6.45, 7) is 0. The number of sulfonamides is 2. The molecule has 1 heterocycles. The van der Waals surface area contributed by atoms with Gasteiger partial charge in [0.2, 0.25) is 15.9 Å². The number of hydrogen-bond acceptors (Lipinski definition) is 7. The van der Waals surface area contributed by atoms with Crippen LogP contribution in [0.3, 0.4) is 0 Å². The average molecular weight is 426 g/mol. The summed E-state index contributed by atoms with van der Waals surface area (Å²) in [7, 11) is -5.24. The number of rotatable bonds is 6. The van der Waals surface area contributed by atoms with Crippen molar-refractivity contribution in [2.45, 2.75) is 11.3 Å². The topological polar surface area (TPSA) is 119 Å².